The van der Waals surface area contributed by atoms with Gasteiger partial charge in [-0.3, -0.25) is 14.5 Å². The van der Waals surface area contributed by atoms with Gasteiger partial charge in [-0.05, 0) is 51.8 Å². The predicted molar refractivity (Wildman–Crippen MR) is 112 cm³/mol. The monoisotopic (exact) mass is 402 g/mol. The molecule has 0 atom stereocenters. The van der Waals surface area contributed by atoms with E-state index in [9.17, 15) is 9.59 Å². The summed E-state index contributed by atoms with van der Waals surface area (Å²) < 4.78 is 0. The summed E-state index contributed by atoms with van der Waals surface area (Å²) in [6.07, 6.45) is 3.51. The number of nitrogens with two attached hydrogens (primary N) is 1. The Morgan fingerprint density at radius 2 is 1.67 bits per heavy atom. The van der Waals surface area contributed by atoms with Gasteiger partial charge in [-0.2, -0.15) is 0 Å². The van der Waals surface area contributed by atoms with Gasteiger partial charge in [0.05, 0.1) is 22.5 Å². The van der Waals surface area contributed by atoms with Crippen molar-refractivity contribution in [1.29, 1.82) is 0 Å². The fourth-order valence-corrected chi connectivity index (χ4v) is 3.72. The zero-order valence-corrected chi connectivity index (χ0v) is 17.5. The number of aromatic nitrogens is 4. The van der Waals surface area contributed by atoms with E-state index in [0.29, 0.717) is 23.0 Å². The van der Waals surface area contributed by atoms with Gasteiger partial charge in [0.25, 0.3) is 5.91 Å². The van der Waals surface area contributed by atoms with Gasteiger partial charge in [0.2, 0.25) is 5.91 Å². The Labute approximate surface area is 174 Å². The highest BCUT2D eigenvalue weighted by Gasteiger charge is 2.46. The summed E-state index contributed by atoms with van der Waals surface area (Å²) in [5.41, 5.74) is 8.96. The Kier molecular flexibility index (Phi) is 4.38. The number of hydrogen-bond donors (Lipinski definition) is 1. The van der Waals surface area contributed by atoms with Crippen LogP contribution in [0.15, 0.2) is 30.6 Å². The first-order chi connectivity index (χ1) is 14.1. The van der Waals surface area contributed by atoms with E-state index in [4.69, 9.17) is 5.73 Å². The Morgan fingerprint density at radius 3 is 2.30 bits per heavy atom. The fraction of sp³-hybridized carbons (Fsp3) is 0.273. The quantitative estimate of drug-likeness (QED) is 0.720. The van der Waals surface area contributed by atoms with Gasteiger partial charge in [0, 0.05) is 18.0 Å². The van der Waals surface area contributed by atoms with Crippen LogP contribution in [0, 0.1) is 20.8 Å². The zero-order valence-electron chi connectivity index (χ0n) is 17.5. The number of amides is 2. The minimum absolute atomic E-state index is 0.105. The molecule has 2 aromatic heterocycles. The number of benzene rings is 1. The van der Waals surface area contributed by atoms with Crippen molar-refractivity contribution in [3.05, 3.63) is 59.1 Å². The van der Waals surface area contributed by atoms with Crippen LogP contribution in [0.5, 0.6) is 0 Å². The van der Waals surface area contributed by atoms with E-state index < -0.39 is 11.3 Å². The molecule has 3 aromatic rings. The number of carbonyl (C=O) groups excluding carboxylic acids is 2. The number of hydrogen-bond acceptors (Lipinski definition) is 6. The second-order valence-corrected chi connectivity index (χ2v) is 7.95. The van der Waals surface area contributed by atoms with Crippen molar-refractivity contribution in [2.45, 2.75) is 40.0 Å². The van der Waals surface area contributed by atoms with Crippen molar-refractivity contribution < 1.29 is 9.59 Å². The van der Waals surface area contributed by atoms with Crippen LogP contribution in [0.25, 0.3) is 11.1 Å². The largest absolute Gasteiger partial charge is 0.364 e. The molecule has 0 saturated carbocycles. The highest BCUT2D eigenvalue weighted by atomic mass is 16.2. The number of aryl methyl sites for hydroxylation is 3. The first-order valence-corrected chi connectivity index (χ1v) is 9.54. The Balaban J connectivity index is 1.91. The molecule has 0 unspecified atom stereocenters. The van der Waals surface area contributed by atoms with Crippen molar-refractivity contribution in [1.82, 2.24) is 19.9 Å². The molecule has 0 saturated heterocycles. The van der Waals surface area contributed by atoms with E-state index >= 15 is 0 Å². The van der Waals surface area contributed by atoms with Gasteiger partial charge >= 0.3 is 0 Å². The zero-order chi connectivity index (χ0) is 21.8. The molecule has 1 aliphatic heterocycles. The topological polar surface area (TPSA) is 115 Å². The first kappa shape index (κ1) is 19.6. The maximum Gasteiger partial charge on any atom is 0.269 e. The molecule has 30 heavy (non-hydrogen) atoms. The molecular weight excluding hydrogens is 380 g/mol. The SMILES string of the molecule is Cc1ncc(-c2ccc3c(c2)N(c2nc(C)c(C(N)=O)nc2C)C(=O)C3(C)C)cn1. The normalized spacial score (nSPS) is 14.7. The van der Waals surface area contributed by atoms with E-state index in [1.165, 1.54) is 0 Å². The van der Waals surface area contributed by atoms with E-state index in [1.807, 2.05) is 39.0 Å². The molecule has 2 amide bonds. The molecule has 2 N–H and O–H groups in total. The Hall–Kier alpha value is -3.68. The number of rotatable bonds is 3. The number of fused-ring (bicyclic) bond motifs is 1. The summed E-state index contributed by atoms with van der Waals surface area (Å²) in [7, 11) is 0. The molecule has 3 heterocycles. The van der Waals surface area contributed by atoms with Crippen LogP contribution in [0.2, 0.25) is 0 Å². The summed E-state index contributed by atoms with van der Waals surface area (Å²) in [6.45, 7) is 8.97. The summed E-state index contributed by atoms with van der Waals surface area (Å²) in [6, 6.07) is 5.86. The lowest BCUT2D eigenvalue weighted by Gasteiger charge is -2.21. The van der Waals surface area contributed by atoms with Gasteiger partial charge in [0.1, 0.15) is 11.5 Å². The fourth-order valence-electron chi connectivity index (χ4n) is 3.72. The maximum absolute atomic E-state index is 13.4. The summed E-state index contributed by atoms with van der Waals surface area (Å²) in [4.78, 5) is 44.0. The maximum atomic E-state index is 13.4. The molecule has 8 heteroatoms. The number of anilines is 2. The van der Waals surface area contributed by atoms with Crippen LogP contribution in [-0.4, -0.2) is 31.8 Å². The number of primary amides is 1. The van der Waals surface area contributed by atoms with Crippen LogP contribution in [-0.2, 0) is 10.2 Å². The average Bonchev–Trinajstić information content (AvgIpc) is 2.89. The molecule has 152 valence electrons. The van der Waals surface area contributed by atoms with Crippen molar-refractivity contribution in [3.63, 3.8) is 0 Å². The van der Waals surface area contributed by atoms with E-state index in [1.54, 1.807) is 31.1 Å². The Bertz CT molecular complexity index is 1200. The van der Waals surface area contributed by atoms with Gasteiger partial charge in [-0.15, -0.1) is 0 Å². The standard InChI is InChI=1S/C22H22N6O2/c1-11-18(19(23)29)26-12(2)20(27-11)28-17-8-14(15-9-24-13(3)25-10-15)6-7-16(17)22(4,5)21(28)30/h6-10H,1-5H3,(H2,23,29). The van der Waals surface area contributed by atoms with E-state index in [0.717, 1.165) is 22.4 Å². The first-order valence-electron chi connectivity index (χ1n) is 9.54. The lowest BCUT2D eigenvalue weighted by molar-refractivity contribution is -0.121. The van der Waals surface area contributed by atoms with Crippen LogP contribution in [0.4, 0.5) is 11.5 Å². The third-order valence-corrected chi connectivity index (χ3v) is 5.43. The minimum atomic E-state index is -0.734. The second-order valence-electron chi connectivity index (χ2n) is 7.95. The summed E-state index contributed by atoms with van der Waals surface area (Å²) >= 11 is 0. The summed E-state index contributed by atoms with van der Waals surface area (Å²) in [5.74, 6) is 0.323. The summed E-state index contributed by atoms with van der Waals surface area (Å²) in [5, 5.41) is 0. The molecule has 0 spiro atoms. The van der Waals surface area contributed by atoms with Gasteiger partial charge in [-0.25, -0.2) is 19.9 Å². The molecular formula is C22H22N6O2. The van der Waals surface area contributed by atoms with Crippen LogP contribution in [0.1, 0.15) is 47.1 Å². The van der Waals surface area contributed by atoms with Gasteiger partial charge in [0.15, 0.2) is 5.82 Å². The molecule has 1 aliphatic rings. The molecule has 0 bridgehead atoms. The molecule has 0 aliphatic carbocycles. The van der Waals surface area contributed by atoms with E-state index in [2.05, 4.69) is 19.9 Å². The predicted octanol–water partition coefficient (Wildman–Crippen LogP) is 2.91. The van der Waals surface area contributed by atoms with Gasteiger partial charge < -0.3 is 5.73 Å². The molecule has 0 fully saturated rings. The third kappa shape index (κ3) is 2.92. The smallest absolute Gasteiger partial charge is 0.269 e. The van der Waals surface area contributed by atoms with Crippen molar-refractivity contribution in [2.75, 3.05) is 4.90 Å². The third-order valence-electron chi connectivity index (χ3n) is 5.43. The Morgan fingerprint density at radius 1 is 1.00 bits per heavy atom. The highest BCUT2D eigenvalue weighted by Crippen LogP contribution is 2.46. The van der Waals surface area contributed by atoms with Crippen LogP contribution in [0.3, 0.4) is 0 Å². The van der Waals surface area contributed by atoms with Crippen LogP contribution >= 0.6 is 0 Å². The second kappa shape index (κ2) is 6.69. The number of carbonyl (C=O) groups is 2. The van der Waals surface area contributed by atoms with Crippen molar-refractivity contribution in [3.8, 4) is 11.1 Å². The molecule has 8 nitrogen and oxygen atoms in total. The highest BCUT2D eigenvalue weighted by molar-refractivity contribution is 6.12. The molecule has 4 rings (SSSR count). The average molecular weight is 402 g/mol. The van der Waals surface area contributed by atoms with Crippen molar-refractivity contribution in [2.24, 2.45) is 5.73 Å². The number of nitrogens with zero attached hydrogens (tertiary/aromatic N) is 5. The van der Waals surface area contributed by atoms with Crippen molar-refractivity contribution >= 4 is 23.3 Å². The van der Waals surface area contributed by atoms with E-state index in [-0.39, 0.29) is 11.6 Å². The molecule has 1 aromatic carbocycles. The minimum Gasteiger partial charge on any atom is -0.364 e. The van der Waals surface area contributed by atoms with Gasteiger partial charge in [-0.1, -0.05) is 12.1 Å². The lowest BCUT2D eigenvalue weighted by atomic mass is 9.85. The molecule has 0 radical (unpaired) electrons. The van der Waals surface area contributed by atoms with Crippen LogP contribution < -0.4 is 10.6 Å². The lowest BCUT2D eigenvalue weighted by Crippen LogP contribution is -2.34.